The van der Waals surface area contributed by atoms with Gasteiger partial charge >= 0.3 is 6.03 Å². The number of halogens is 1. The number of hydrogen-bond donors (Lipinski definition) is 1. The molecule has 1 saturated heterocycles. The van der Waals surface area contributed by atoms with Gasteiger partial charge in [0.15, 0.2) is 0 Å². The first kappa shape index (κ1) is 15.5. The third kappa shape index (κ3) is 2.50. The maximum atomic E-state index is 12.7. The van der Waals surface area contributed by atoms with Gasteiger partial charge in [-0.05, 0) is 42.2 Å². The Balaban J connectivity index is 1.30. The number of rotatable bonds is 2. The minimum Gasteiger partial charge on any atom is -0.324 e. The summed E-state index contributed by atoms with van der Waals surface area (Å²) in [6.45, 7) is 1.74. The number of carbonyl (C=O) groups is 1. The number of urea groups is 1. The van der Waals surface area contributed by atoms with E-state index in [2.05, 4.69) is 22.6 Å². The van der Waals surface area contributed by atoms with Gasteiger partial charge in [-0.1, -0.05) is 23.8 Å². The molecule has 5 nitrogen and oxygen atoms in total. The monoisotopic (exact) mass is 374 g/mol. The van der Waals surface area contributed by atoms with Crippen LogP contribution in [0, 0.1) is 23.7 Å². The minimum absolute atomic E-state index is 0.0208. The highest BCUT2D eigenvalue weighted by Gasteiger charge is 2.50. The molecule has 0 aromatic carbocycles. The van der Waals surface area contributed by atoms with E-state index in [1.54, 1.807) is 4.68 Å². The van der Waals surface area contributed by atoms with Crippen LogP contribution in [0.15, 0.2) is 30.4 Å². The lowest BCUT2D eigenvalue weighted by Crippen LogP contribution is -2.34. The van der Waals surface area contributed by atoms with Crippen LogP contribution in [0.2, 0.25) is 4.34 Å². The fraction of sp³-hybridized carbons (Fsp3) is 0.444. The number of likely N-dealkylation sites (tertiary alicyclic amines) is 1. The van der Waals surface area contributed by atoms with Gasteiger partial charge < -0.3 is 4.90 Å². The Labute approximate surface area is 155 Å². The number of hydrogen-bond acceptors (Lipinski definition) is 3. The molecule has 2 aliphatic carbocycles. The van der Waals surface area contributed by atoms with Crippen molar-refractivity contribution in [2.24, 2.45) is 30.7 Å². The number of thiophene rings is 1. The number of nitrogens with one attached hydrogen (secondary N) is 1. The second kappa shape index (κ2) is 5.61. The summed E-state index contributed by atoms with van der Waals surface area (Å²) in [6.07, 6.45) is 6.00. The fourth-order valence-electron chi connectivity index (χ4n) is 4.66. The molecule has 1 N–H and O–H groups in total. The lowest BCUT2D eigenvalue weighted by atomic mass is 9.86. The molecule has 4 atom stereocenters. The molecule has 2 bridgehead atoms. The van der Waals surface area contributed by atoms with Gasteiger partial charge in [0.05, 0.1) is 9.21 Å². The highest BCUT2D eigenvalue weighted by atomic mass is 35.5. The Morgan fingerprint density at radius 1 is 1.28 bits per heavy atom. The smallest absolute Gasteiger partial charge is 0.323 e. The number of fused-ring (bicyclic) bond motifs is 5. The van der Waals surface area contributed by atoms with Crippen molar-refractivity contribution >= 4 is 34.8 Å². The summed E-state index contributed by atoms with van der Waals surface area (Å²) in [6, 6.07) is 5.69. The summed E-state index contributed by atoms with van der Waals surface area (Å²) in [4.78, 5) is 15.7. The van der Waals surface area contributed by atoms with Crippen LogP contribution in [0.1, 0.15) is 6.42 Å². The van der Waals surface area contributed by atoms with Crippen molar-refractivity contribution in [1.82, 2.24) is 14.7 Å². The van der Waals surface area contributed by atoms with Gasteiger partial charge in [0, 0.05) is 26.2 Å². The Bertz CT molecular complexity index is 852. The van der Waals surface area contributed by atoms with Gasteiger partial charge in [0.25, 0.3) is 0 Å². The van der Waals surface area contributed by atoms with Gasteiger partial charge in [-0.15, -0.1) is 11.3 Å². The van der Waals surface area contributed by atoms with E-state index in [0.717, 1.165) is 28.0 Å². The van der Waals surface area contributed by atoms with E-state index in [1.807, 2.05) is 30.1 Å². The lowest BCUT2D eigenvalue weighted by molar-refractivity contribution is 0.217. The molecule has 2 aromatic rings. The van der Waals surface area contributed by atoms with Crippen molar-refractivity contribution in [2.45, 2.75) is 6.42 Å². The maximum Gasteiger partial charge on any atom is 0.323 e. The van der Waals surface area contributed by atoms with Crippen molar-refractivity contribution in [3.05, 3.63) is 34.7 Å². The SMILES string of the molecule is Cn1nc(-c2ccc(Cl)s2)cc1NC(=O)N1C[C@@H]2C3C=CC(C3)[C@@H]2C1. The van der Waals surface area contributed by atoms with Crippen LogP contribution in [0.5, 0.6) is 0 Å². The molecule has 130 valence electrons. The molecule has 2 fully saturated rings. The summed E-state index contributed by atoms with van der Waals surface area (Å²) in [5.74, 6) is 3.37. The zero-order valence-corrected chi connectivity index (χ0v) is 15.4. The lowest BCUT2D eigenvalue weighted by Gasteiger charge is -2.19. The predicted octanol–water partition coefficient (Wildman–Crippen LogP) is 4.09. The van der Waals surface area contributed by atoms with E-state index in [0.29, 0.717) is 29.5 Å². The van der Waals surface area contributed by atoms with E-state index in [4.69, 9.17) is 11.6 Å². The van der Waals surface area contributed by atoms with E-state index in [1.165, 1.54) is 17.8 Å². The maximum absolute atomic E-state index is 12.7. The Morgan fingerprint density at radius 2 is 2.00 bits per heavy atom. The van der Waals surface area contributed by atoms with Crippen molar-refractivity contribution in [3.63, 3.8) is 0 Å². The van der Waals surface area contributed by atoms with Crippen LogP contribution in [0.25, 0.3) is 10.6 Å². The van der Waals surface area contributed by atoms with E-state index >= 15 is 0 Å². The summed E-state index contributed by atoms with van der Waals surface area (Å²) in [5.41, 5.74) is 0.829. The molecular formula is C18H19ClN4OS. The largest absolute Gasteiger partial charge is 0.324 e. The fourth-order valence-corrected chi connectivity index (χ4v) is 5.66. The second-order valence-electron chi connectivity index (χ2n) is 7.25. The minimum atomic E-state index is -0.0208. The van der Waals surface area contributed by atoms with Gasteiger partial charge in [-0.25, -0.2) is 4.79 Å². The van der Waals surface area contributed by atoms with Gasteiger partial charge in [-0.3, -0.25) is 10.00 Å². The van der Waals surface area contributed by atoms with Crippen molar-refractivity contribution in [1.29, 1.82) is 0 Å². The highest BCUT2D eigenvalue weighted by Crippen LogP contribution is 2.51. The van der Waals surface area contributed by atoms with Crippen LogP contribution in [0.4, 0.5) is 10.6 Å². The second-order valence-corrected chi connectivity index (χ2v) is 8.97. The standard InChI is InChI=1S/C18H19ClN4OS/c1-22-17(7-14(21-22)15-4-5-16(19)25-15)20-18(24)23-8-12-10-2-3-11(6-10)13(12)9-23/h2-5,7,10-13H,6,8-9H2,1H3,(H,20,24)/t10?,11?,12-,13+. The van der Waals surface area contributed by atoms with Crippen LogP contribution < -0.4 is 5.32 Å². The Hall–Kier alpha value is -1.79. The molecule has 7 heteroatoms. The molecule has 0 spiro atoms. The number of carbonyl (C=O) groups excluding carboxylic acids is 1. The number of aryl methyl sites for hydroxylation is 1. The Kier molecular flexibility index (Phi) is 3.47. The van der Waals surface area contributed by atoms with Crippen molar-refractivity contribution in [2.75, 3.05) is 18.4 Å². The third-order valence-corrected chi connectivity index (χ3v) is 7.14. The average Bonchev–Trinajstić information content (AvgIpc) is 3.34. The molecule has 1 saturated carbocycles. The first-order chi connectivity index (χ1) is 12.1. The number of allylic oxidation sites excluding steroid dienone is 2. The summed E-state index contributed by atoms with van der Waals surface area (Å²) < 4.78 is 2.45. The molecule has 3 heterocycles. The predicted molar refractivity (Wildman–Crippen MR) is 99.8 cm³/mol. The third-order valence-electron chi connectivity index (χ3n) is 5.89. The van der Waals surface area contributed by atoms with E-state index < -0.39 is 0 Å². The molecule has 2 unspecified atom stereocenters. The zero-order valence-electron chi connectivity index (χ0n) is 13.9. The normalized spacial score (nSPS) is 29.4. The highest BCUT2D eigenvalue weighted by molar-refractivity contribution is 7.19. The number of amides is 2. The molecule has 2 aromatic heterocycles. The topological polar surface area (TPSA) is 50.2 Å². The first-order valence-electron chi connectivity index (χ1n) is 8.62. The van der Waals surface area contributed by atoms with Gasteiger partial charge in [-0.2, -0.15) is 5.10 Å². The summed E-state index contributed by atoms with van der Waals surface area (Å²) in [7, 11) is 1.84. The van der Waals surface area contributed by atoms with Crippen LogP contribution >= 0.6 is 22.9 Å². The van der Waals surface area contributed by atoms with Crippen LogP contribution in [-0.4, -0.2) is 33.8 Å². The molecule has 1 aliphatic heterocycles. The van der Waals surface area contributed by atoms with Gasteiger partial charge in [0.2, 0.25) is 0 Å². The van der Waals surface area contributed by atoms with E-state index in [9.17, 15) is 4.79 Å². The number of nitrogens with zero attached hydrogens (tertiary/aromatic N) is 3. The number of aromatic nitrogens is 2. The summed E-state index contributed by atoms with van der Waals surface area (Å²) >= 11 is 7.49. The van der Waals surface area contributed by atoms with Crippen molar-refractivity contribution < 1.29 is 4.79 Å². The van der Waals surface area contributed by atoms with Crippen molar-refractivity contribution in [3.8, 4) is 10.6 Å². The van der Waals surface area contributed by atoms with Crippen LogP contribution in [-0.2, 0) is 7.05 Å². The molecule has 5 rings (SSSR count). The zero-order chi connectivity index (χ0) is 17.1. The number of anilines is 1. The molecule has 0 radical (unpaired) electrons. The molecule has 2 amide bonds. The molecule has 25 heavy (non-hydrogen) atoms. The van der Waals surface area contributed by atoms with E-state index in [-0.39, 0.29) is 6.03 Å². The quantitative estimate of drug-likeness (QED) is 0.805. The molecule has 3 aliphatic rings. The molecular weight excluding hydrogens is 356 g/mol. The first-order valence-corrected chi connectivity index (χ1v) is 9.82. The van der Waals surface area contributed by atoms with Gasteiger partial charge in [0.1, 0.15) is 11.5 Å². The Morgan fingerprint density at radius 3 is 2.64 bits per heavy atom. The van der Waals surface area contributed by atoms with Crippen LogP contribution in [0.3, 0.4) is 0 Å². The average molecular weight is 375 g/mol. The summed E-state index contributed by atoms with van der Waals surface area (Å²) in [5, 5.41) is 7.52.